The molecule has 0 N–H and O–H groups in total. The highest BCUT2D eigenvalue weighted by atomic mass is 35.5. The van der Waals surface area contributed by atoms with Crippen LogP contribution >= 0.6 is 11.6 Å². The summed E-state index contributed by atoms with van der Waals surface area (Å²) in [6, 6.07) is 16.5. The summed E-state index contributed by atoms with van der Waals surface area (Å²) in [4.78, 5) is 16.9. The third kappa shape index (κ3) is 5.15. The first-order valence-corrected chi connectivity index (χ1v) is 12.6. The van der Waals surface area contributed by atoms with Crippen LogP contribution in [0, 0.1) is 0 Å². The lowest BCUT2D eigenvalue weighted by Crippen LogP contribution is -2.54. The number of carbonyl (C=O) groups is 1. The van der Waals surface area contributed by atoms with E-state index in [1.807, 2.05) is 37.3 Å². The fourth-order valence-electron chi connectivity index (χ4n) is 4.28. The summed E-state index contributed by atoms with van der Waals surface area (Å²) >= 11 is 6.10. The molecular formula is C23H28ClN3O4S. The van der Waals surface area contributed by atoms with Crippen LogP contribution in [-0.4, -0.2) is 80.3 Å². The Morgan fingerprint density at radius 3 is 2.34 bits per heavy atom. The SMILES string of the molecule is CC1CN(CC(=O)N2CCN(S(=O)(=O)c3ccccc3Cl)CC2)CC(c2ccccc2)O1. The number of piperazine rings is 1. The minimum atomic E-state index is -3.68. The van der Waals surface area contributed by atoms with Crippen molar-refractivity contribution in [1.82, 2.24) is 14.1 Å². The van der Waals surface area contributed by atoms with Crippen LogP contribution < -0.4 is 0 Å². The predicted octanol–water partition coefficient (Wildman–Crippen LogP) is 2.63. The number of rotatable bonds is 5. The van der Waals surface area contributed by atoms with E-state index < -0.39 is 10.0 Å². The van der Waals surface area contributed by atoms with Crippen LogP contribution in [0.3, 0.4) is 0 Å². The summed E-state index contributed by atoms with van der Waals surface area (Å²) < 4.78 is 33.3. The van der Waals surface area contributed by atoms with Gasteiger partial charge in [-0.25, -0.2) is 8.42 Å². The predicted molar refractivity (Wildman–Crippen MR) is 123 cm³/mol. The van der Waals surface area contributed by atoms with Crippen LogP contribution in [0.5, 0.6) is 0 Å². The molecule has 7 nitrogen and oxygen atoms in total. The van der Waals surface area contributed by atoms with Gasteiger partial charge in [-0.3, -0.25) is 9.69 Å². The molecule has 2 aromatic carbocycles. The van der Waals surface area contributed by atoms with Crippen molar-refractivity contribution in [1.29, 1.82) is 0 Å². The number of morpholine rings is 1. The molecule has 0 spiro atoms. The first-order valence-electron chi connectivity index (χ1n) is 10.8. The molecule has 172 valence electrons. The van der Waals surface area contributed by atoms with Crippen LogP contribution in [0.4, 0.5) is 0 Å². The van der Waals surface area contributed by atoms with Crippen molar-refractivity contribution in [3.8, 4) is 0 Å². The van der Waals surface area contributed by atoms with E-state index in [1.54, 1.807) is 23.1 Å². The second-order valence-corrected chi connectivity index (χ2v) is 10.6. The zero-order valence-corrected chi connectivity index (χ0v) is 19.6. The lowest BCUT2D eigenvalue weighted by molar-refractivity contribution is -0.137. The zero-order valence-electron chi connectivity index (χ0n) is 18.1. The molecule has 32 heavy (non-hydrogen) atoms. The fourth-order valence-corrected chi connectivity index (χ4v) is 6.20. The number of carbonyl (C=O) groups excluding carboxylic acids is 1. The van der Waals surface area contributed by atoms with E-state index in [0.717, 1.165) is 5.56 Å². The summed E-state index contributed by atoms with van der Waals surface area (Å²) in [5.41, 5.74) is 1.11. The number of nitrogens with zero attached hydrogens (tertiary/aromatic N) is 3. The molecule has 2 atom stereocenters. The fraction of sp³-hybridized carbons (Fsp3) is 0.435. The Kier molecular flexibility index (Phi) is 7.17. The van der Waals surface area contributed by atoms with Crippen molar-refractivity contribution in [2.75, 3.05) is 45.8 Å². The molecule has 1 amide bonds. The van der Waals surface area contributed by atoms with Crippen LogP contribution in [-0.2, 0) is 19.6 Å². The lowest BCUT2D eigenvalue weighted by Gasteiger charge is -2.39. The van der Waals surface area contributed by atoms with E-state index in [4.69, 9.17) is 16.3 Å². The summed E-state index contributed by atoms with van der Waals surface area (Å²) in [7, 11) is -3.68. The minimum Gasteiger partial charge on any atom is -0.368 e. The molecule has 0 radical (unpaired) electrons. The molecular weight excluding hydrogens is 450 g/mol. The number of ether oxygens (including phenoxy) is 1. The van der Waals surface area contributed by atoms with Gasteiger partial charge < -0.3 is 9.64 Å². The number of sulfonamides is 1. The highest BCUT2D eigenvalue weighted by Crippen LogP contribution is 2.26. The van der Waals surface area contributed by atoms with Crippen LogP contribution in [0.15, 0.2) is 59.5 Å². The van der Waals surface area contributed by atoms with E-state index in [2.05, 4.69) is 4.90 Å². The van der Waals surface area contributed by atoms with Crippen molar-refractivity contribution < 1.29 is 17.9 Å². The third-order valence-electron chi connectivity index (χ3n) is 5.91. The molecule has 2 fully saturated rings. The Labute approximate surface area is 194 Å². The third-order valence-corrected chi connectivity index (χ3v) is 8.31. The molecule has 2 heterocycles. The second-order valence-electron chi connectivity index (χ2n) is 8.26. The summed E-state index contributed by atoms with van der Waals surface area (Å²) in [6.45, 7) is 4.90. The Morgan fingerprint density at radius 2 is 1.66 bits per heavy atom. The van der Waals surface area contributed by atoms with Gasteiger partial charge in [0, 0.05) is 39.3 Å². The molecule has 2 aliphatic heterocycles. The highest BCUT2D eigenvalue weighted by molar-refractivity contribution is 7.89. The number of halogens is 1. The van der Waals surface area contributed by atoms with E-state index in [-0.39, 0.29) is 41.1 Å². The van der Waals surface area contributed by atoms with Crippen molar-refractivity contribution in [2.24, 2.45) is 0 Å². The molecule has 0 bridgehead atoms. The Balaban J connectivity index is 1.34. The summed E-state index contributed by atoms with van der Waals surface area (Å²) in [6.07, 6.45) is -0.0373. The van der Waals surface area contributed by atoms with Crippen molar-refractivity contribution >= 4 is 27.5 Å². The van der Waals surface area contributed by atoms with Gasteiger partial charge in [0.1, 0.15) is 4.90 Å². The number of benzene rings is 2. The molecule has 2 aromatic rings. The van der Waals surface area contributed by atoms with Gasteiger partial charge in [-0.15, -0.1) is 0 Å². The average molecular weight is 478 g/mol. The maximum Gasteiger partial charge on any atom is 0.244 e. The quantitative estimate of drug-likeness (QED) is 0.662. The lowest BCUT2D eigenvalue weighted by atomic mass is 10.1. The maximum absolute atomic E-state index is 13.0. The van der Waals surface area contributed by atoms with Crippen LogP contribution in [0.2, 0.25) is 5.02 Å². The molecule has 2 unspecified atom stereocenters. The van der Waals surface area contributed by atoms with Gasteiger partial charge in [0.15, 0.2) is 0 Å². The Bertz CT molecular complexity index is 1040. The maximum atomic E-state index is 13.0. The molecule has 4 rings (SSSR count). The zero-order chi connectivity index (χ0) is 22.7. The van der Waals surface area contributed by atoms with Crippen molar-refractivity contribution in [3.05, 3.63) is 65.2 Å². The monoisotopic (exact) mass is 477 g/mol. The molecule has 2 saturated heterocycles. The molecule has 0 aliphatic carbocycles. The van der Waals surface area contributed by atoms with Crippen molar-refractivity contribution in [3.63, 3.8) is 0 Å². The van der Waals surface area contributed by atoms with Crippen LogP contribution in [0.25, 0.3) is 0 Å². The molecule has 0 aromatic heterocycles. The number of amides is 1. The standard InChI is InChI=1S/C23H28ClN3O4S/c1-18-15-25(16-21(31-18)19-7-3-2-4-8-19)17-23(28)26-11-13-27(14-12-26)32(29,30)22-10-6-5-9-20(22)24/h2-10,18,21H,11-17H2,1H3. The second kappa shape index (κ2) is 9.89. The average Bonchev–Trinajstić information content (AvgIpc) is 2.79. The molecule has 0 saturated carbocycles. The van der Waals surface area contributed by atoms with E-state index >= 15 is 0 Å². The number of hydrogen-bond acceptors (Lipinski definition) is 5. The largest absolute Gasteiger partial charge is 0.368 e. The topological polar surface area (TPSA) is 70.2 Å². The van der Waals surface area contributed by atoms with Gasteiger partial charge in [-0.2, -0.15) is 4.31 Å². The van der Waals surface area contributed by atoms with Crippen LogP contribution in [0.1, 0.15) is 18.6 Å². The molecule has 2 aliphatic rings. The molecule has 9 heteroatoms. The van der Waals surface area contributed by atoms with Gasteiger partial charge in [0.25, 0.3) is 0 Å². The Hall–Kier alpha value is -1.97. The van der Waals surface area contributed by atoms with E-state index in [1.165, 1.54) is 10.4 Å². The van der Waals surface area contributed by atoms with Crippen molar-refractivity contribution in [2.45, 2.75) is 24.0 Å². The van der Waals surface area contributed by atoms with E-state index in [9.17, 15) is 13.2 Å². The summed E-state index contributed by atoms with van der Waals surface area (Å²) in [5.74, 6) is 0.0145. The van der Waals surface area contributed by atoms with Gasteiger partial charge in [-0.05, 0) is 24.6 Å². The minimum absolute atomic E-state index is 0.0145. The van der Waals surface area contributed by atoms with E-state index in [0.29, 0.717) is 32.7 Å². The smallest absolute Gasteiger partial charge is 0.244 e. The summed E-state index contributed by atoms with van der Waals surface area (Å²) in [5, 5.41) is 0.209. The highest BCUT2D eigenvalue weighted by Gasteiger charge is 2.33. The number of hydrogen-bond donors (Lipinski definition) is 0. The first-order chi connectivity index (χ1) is 15.3. The van der Waals surface area contributed by atoms with Gasteiger partial charge in [0.2, 0.25) is 15.9 Å². The van der Waals surface area contributed by atoms with Gasteiger partial charge in [0.05, 0.1) is 23.8 Å². The first kappa shape index (κ1) is 23.2. The Morgan fingerprint density at radius 1 is 1.00 bits per heavy atom. The normalized spacial score (nSPS) is 23.2. The van der Waals surface area contributed by atoms with Gasteiger partial charge >= 0.3 is 0 Å². The van der Waals surface area contributed by atoms with Gasteiger partial charge in [-0.1, -0.05) is 54.1 Å².